The number of methoxy groups -OCH3 is 1. The number of halogens is 3. The first-order valence-corrected chi connectivity index (χ1v) is 4.04. The van der Waals surface area contributed by atoms with Gasteiger partial charge in [0.25, 0.3) is 0 Å². The fourth-order valence-corrected chi connectivity index (χ4v) is 1.28. The second-order valence-electron chi connectivity index (χ2n) is 3.12. The number of ether oxygens (including phenoxy) is 1. The van der Waals surface area contributed by atoms with E-state index in [2.05, 4.69) is 10.1 Å². The Balaban J connectivity index is 3.09. The lowest BCUT2D eigenvalue weighted by atomic mass is 9.87. The van der Waals surface area contributed by atoms with Gasteiger partial charge in [0.1, 0.15) is 6.23 Å². The summed E-state index contributed by atoms with van der Waals surface area (Å²) in [5.74, 6) is 0. The van der Waals surface area contributed by atoms with Gasteiger partial charge in [-0.05, 0) is 0 Å². The molecule has 0 bridgehead atoms. The van der Waals surface area contributed by atoms with E-state index in [0.717, 1.165) is 6.20 Å². The lowest BCUT2D eigenvalue weighted by Crippen LogP contribution is -2.54. The molecule has 15 heavy (non-hydrogen) atoms. The van der Waals surface area contributed by atoms with Crippen LogP contribution in [0.4, 0.5) is 13.2 Å². The van der Waals surface area contributed by atoms with Crippen molar-refractivity contribution >= 4 is 0 Å². The molecule has 0 radical (unpaired) electrons. The van der Waals surface area contributed by atoms with E-state index in [1.54, 1.807) is 0 Å². The minimum Gasteiger partial charge on any atom is -0.376 e. The van der Waals surface area contributed by atoms with Crippen molar-refractivity contribution in [1.29, 1.82) is 5.26 Å². The molecule has 0 saturated heterocycles. The Kier molecular flexibility index (Phi) is 2.93. The number of rotatable bonds is 1. The molecule has 4 nitrogen and oxygen atoms in total. The summed E-state index contributed by atoms with van der Waals surface area (Å²) in [5, 5.41) is 20.4. The van der Waals surface area contributed by atoms with E-state index in [1.807, 2.05) is 0 Å². The van der Waals surface area contributed by atoms with Crippen LogP contribution in [-0.4, -0.2) is 30.2 Å². The monoisotopic (exact) mass is 222 g/mol. The summed E-state index contributed by atoms with van der Waals surface area (Å²) in [6.45, 7) is 0. The zero-order valence-corrected chi connectivity index (χ0v) is 7.80. The molecular formula is C8H9F3N2O2. The van der Waals surface area contributed by atoms with Crippen LogP contribution in [0.2, 0.25) is 0 Å². The highest BCUT2D eigenvalue weighted by molar-refractivity contribution is 5.34. The average Bonchev–Trinajstić information content (AvgIpc) is 2.16. The van der Waals surface area contributed by atoms with E-state index in [9.17, 15) is 18.3 Å². The van der Waals surface area contributed by atoms with Gasteiger partial charge >= 0.3 is 6.18 Å². The Labute approximate surface area is 83.9 Å². The lowest BCUT2D eigenvalue weighted by molar-refractivity contribution is -0.254. The van der Waals surface area contributed by atoms with E-state index in [1.165, 1.54) is 13.2 Å². The van der Waals surface area contributed by atoms with Crippen LogP contribution >= 0.6 is 0 Å². The van der Waals surface area contributed by atoms with Gasteiger partial charge in [-0.25, -0.2) is 0 Å². The van der Waals surface area contributed by atoms with E-state index < -0.39 is 30.0 Å². The fourth-order valence-electron chi connectivity index (χ4n) is 1.28. The summed E-state index contributed by atoms with van der Waals surface area (Å²) >= 11 is 0. The molecular weight excluding hydrogens is 213 g/mol. The molecule has 1 aliphatic heterocycles. The number of nitriles is 1. The standard InChI is InChI=1S/C8H9F3N2O2/c1-15-6-2-7(14,8(9,10)11)5(3-12)4-13-6/h4,6,13-14H,2H2,1H3. The number of nitrogens with zero attached hydrogens (tertiary/aromatic N) is 1. The number of hydrogen-bond acceptors (Lipinski definition) is 4. The molecule has 7 heteroatoms. The van der Waals surface area contributed by atoms with Crippen LogP contribution in [0, 0.1) is 11.3 Å². The van der Waals surface area contributed by atoms with Crippen LogP contribution in [0.5, 0.6) is 0 Å². The van der Waals surface area contributed by atoms with Gasteiger partial charge < -0.3 is 15.2 Å². The van der Waals surface area contributed by atoms with Crippen LogP contribution in [0.1, 0.15) is 6.42 Å². The van der Waals surface area contributed by atoms with Gasteiger partial charge in [-0.15, -0.1) is 0 Å². The average molecular weight is 222 g/mol. The zero-order chi connectivity index (χ0) is 11.7. The Hall–Kier alpha value is -1.26. The first kappa shape index (κ1) is 11.8. The predicted octanol–water partition coefficient (Wildman–Crippen LogP) is 0.653. The van der Waals surface area contributed by atoms with Crippen molar-refractivity contribution in [2.45, 2.75) is 24.4 Å². The quantitative estimate of drug-likeness (QED) is 0.683. The summed E-state index contributed by atoms with van der Waals surface area (Å²) in [4.78, 5) is 0. The molecule has 0 spiro atoms. The molecule has 0 saturated carbocycles. The highest BCUT2D eigenvalue weighted by Crippen LogP contribution is 2.40. The van der Waals surface area contributed by atoms with Crippen LogP contribution in [0.3, 0.4) is 0 Å². The topological polar surface area (TPSA) is 65.3 Å². The number of hydrogen-bond donors (Lipinski definition) is 2. The predicted molar refractivity (Wildman–Crippen MR) is 43.3 cm³/mol. The maximum atomic E-state index is 12.5. The highest BCUT2D eigenvalue weighted by atomic mass is 19.4. The normalized spacial score (nSPS) is 31.5. The van der Waals surface area contributed by atoms with Crippen molar-refractivity contribution in [3.8, 4) is 6.07 Å². The molecule has 2 unspecified atom stereocenters. The van der Waals surface area contributed by atoms with Crippen molar-refractivity contribution in [3.63, 3.8) is 0 Å². The van der Waals surface area contributed by atoms with Crippen molar-refractivity contribution in [2.75, 3.05) is 7.11 Å². The lowest BCUT2D eigenvalue weighted by Gasteiger charge is -2.36. The Morgan fingerprint density at radius 1 is 1.73 bits per heavy atom. The second-order valence-corrected chi connectivity index (χ2v) is 3.12. The van der Waals surface area contributed by atoms with E-state index in [-0.39, 0.29) is 0 Å². The Bertz CT molecular complexity index is 321. The van der Waals surface area contributed by atoms with Gasteiger partial charge in [-0.1, -0.05) is 0 Å². The number of alkyl halides is 3. The van der Waals surface area contributed by atoms with Gasteiger partial charge in [-0.2, -0.15) is 18.4 Å². The van der Waals surface area contributed by atoms with Crippen molar-refractivity contribution < 1.29 is 23.0 Å². The summed E-state index contributed by atoms with van der Waals surface area (Å²) in [5.41, 5.74) is -3.89. The second kappa shape index (κ2) is 3.72. The van der Waals surface area contributed by atoms with Gasteiger partial charge in [0.2, 0.25) is 5.60 Å². The summed E-state index contributed by atoms with van der Waals surface area (Å²) in [6, 6.07) is 1.32. The van der Waals surface area contributed by atoms with E-state index in [4.69, 9.17) is 5.26 Å². The fraction of sp³-hybridized carbons (Fsp3) is 0.625. The van der Waals surface area contributed by atoms with E-state index >= 15 is 0 Å². The maximum absolute atomic E-state index is 12.5. The molecule has 84 valence electrons. The summed E-state index contributed by atoms with van der Waals surface area (Å²) in [6.07, 6.45) is -5.78. The van der Waals surface area contributed by atoms with Crippen molar-refractivity contribution in [2.24, 2.45) is 0 Å². The van der Waals surface area contributed by atoms with Crippen LogP contribution in [-0.2, 0) is 4.74 Å². The third kappa shape index (κ3) is 1.91. The molecule has 0 amide bonds. The van der Waals surface area contributed by atoms with Gasteiger partial charge in [0.05, 0.1) is 11.6 Å². The summed E-state index contributed by atoms with van der Waals surface area (Å²) < 4.78 is 42.3. The first-order valence-electron chi connectivity index (χ1n) is 4.04. The third-order valence-corrected chi connectivity index (χ3v) is 2.21. The molecule has 2 atom stereocenters. The van der Waals surface area contributed by atoms with Crippen molar-refractivity contribution in [1.82, 2.24) is 5.32 Å². The number of aliphatic hydroxyl groups is 1. The maximum Gasteiger partial charge on any atom is 0.422 e. The molecule has 1 heterocycles. The Morgan fingerprint density at radius 3 is 2.73 bits per heavy atom. The third-order valence-electron chi connectivity index (χ3n) is 2.21. The van der Waals surface area contributed by atoms with E-state index in [0.29, 0.717) is 0 Å². The number of nitrogens with one attached hydrogen (secondary N) is 1. The smallest absolute Gasteiger partial charge is 0.376 e. The molecule has 1 rings (SSSR count). The van der Waals surface area contributed by atoms with Crippen molar-refractivity contribution in [3.05, 3.63) is 11.8 Å². The largest absolute Gasteiger partial charge is 0.422 e. The van der Waals surface area contributed by atoms with Crippen LogP contribution in [0.25, 0.3) is 0 Å². The zero-order valence-electron chi connectivity index (χ0n) is 7.80. The Morgan fingerprint density at radius 2 is 2.33 bits per heavy atom. The van der Waals surface area contributed by atoms with Gasteiger partial charge in [-0.3, -0.25) is 0 Å². The SMILES string of the molecule is COC1CC(O)(C(F)(F)F)C(C#N)=CN1. The molecule has 1 aliphatic rings. The molecule has 0 aliphatic carbocycles. The van der Waals surface area contributed by atoms with Gasteiger partial charge in [0.15, 0.2) is 0 Å². The molecule has 0 aromatic heterocycles. The van der Waals surface area contributed by atoms with Crippen LogP contribution < -0.4 is 5.32 Å². The molecule has 2 N–H and O–H groups in total. The minimum absolute atomic E-state index is 0.744. The van der Waals surface area contributed by atoms with Crippen LogP contribution in [0.15, 0.2) is 11.8 Å². The molecule has 0 aromatic rings. The minimum atomic E-state index is -4.90. The van der Waals surface area contributed by atoms with Gasteiger partial charge in [0, 0.05) is 19.7 Å². The molecule has 0 aromatic carbocycles. The highest BCUT2D eigenvalue weighted by Gasteiger charge is 2.58. The summed E-state index contributed by atoms with van der Waals surface area (Å²) in [7, 11) is 1.21. The molecule has 0 fully saturated rings. The first-order chi connectivity index (χ1) is 6.85.